The Labute approximate surface area is 159 Å². The van der Waals surface area contributed by atoms with Crippen molar-refractivity contribution in [2.24, 2.45) is 11.7 Å². The molecule has 2 aromatic rings. The van der Waals surface area contributed by atoms with Crippen LogP contribution in [0.3, 0.4) is 0 Å². The topological polar surface area (TPSA) is 84.7 Å². The van der Waals surface area contributed by atoms with E-state index in [0.29, 0.717) is 11.6 Å². The van der Waals surface area contributed by atoms with Crippen molar-refractivity contribution in [1.29, 1.82) is 0 Å². The molecule has 1 aliphatic rings. The zero-order valence-corrected chi connectivity index (χ0v) is 15.7. The van der Waals surface area contributed by atoms with Gasteiger partial charge in [0.15, 0.2) is 0 Å². The minimum Gasteiger partial charge on any atom is -0.493 e. The molecule has 27 heavy (non-hydrogen) atoms. The monoisotopic (exact) mass is 367 g/mol. The van der Waals surface area contributed by atoms with Gasteiger partial charge in [-0.3, -0.25) is 9.59 Å². The fourth-order valence-corrected chi connectivity index (χ4v) is 2.75. The summed E-state index contributed by atoms with van der Waals surface area (Å²) in [6, 6.07) is 12.7. The fourth-order valence-electron chi connectivity index (χ4n) is 2.75. The van der Waals surface area contributed by atoms with Gasteiger partial charge in [-0.1, -0.05) is 12.1 Å². The maximum absolute atomic E-state index is 12.4. The number of nitrogens with one attached hydrogen (secondary N) is 1. The fraction of sp³-hybridized carbons (Fsp3) is 0.333. The lowest BCUT2D eigenvalue weighted by molar-refractivity contribution is -0.115. The number of carbonyl (C=O) groups excluding carboxylic acids is 2. The first-order chi connectivity index (χ1) is 12.9. The van der Waals surface area contributed by atoms with E-state index in [1.54, 1.807) is 12.1 Å². The molecule has 1 aliphatic carbocycles. The highest BCUT2D eigenvalue weighted by atomic mass is 16.5. The lowest BCUT2D eigenvalue weighted by Gasteiger charge is -2.16. The second-order valence-electron chi connectivity index (χ2n) is 7.12. The molecule has 6 nitrogen and oxygen atoms in total. The zero-order chi connectivity index (χ0) is 19.4. The standard InChI is InChI=1S/C21H25N3O3/c1-24(2)16-8-9-19(18(12-16)21(22)26)23-20(25)11-15-4-3-5-17(10-15)27-13-14-6-7-14/h3-5,8-10,12,14H,6-7,11,13H2,1-2H3,(H2,22,26)(H,23,25). The van der Waals surface area contributed by atoms with Crippen LogP contribution in [0.5, 0.6) is 5.75 Å². The van der Waals surface area contributed by atoms with Gasteiger partial charge in [0.25, 0.3) is 5.91 Å². The molecule has 142 valence electrons. The molecular weight excluding hydrogens is 342 g/mol. The van der Waals surface area contributed by atoms with Crippen molar-refractivity contribution >= 4 is 23.2 Å². The number of nitrogens with two attached hydrogens (primary N) is 1. The molecule has 0 aliphatic heterocycles. The van der Waals surface area contributed by atoms with Crippen LogP contribution in [0, 0.1) is 5.92 Å². The normalized spacial score (nSPS) is 13.1. The second-order valence-corrected chi connectivity index (χ2v) is 7.12. The van der Waals surface area contributed by atoms with Crippen LogP contribution in [0.15, 0.2) is 42.5 Å². The van der Waals surface area contributed by atoms with Crippen molar-refractivity contribution < 1.29 is 14.3 Å². The molecule has 6 heteroatoms. The van der Waals surface area contributed by atoms with E-state index < -0.39 is 5.91 Å². The van der Waals surface area contributed by atoms with Gasteiger partial charge < -0.3 is 20.7 Å². The van der Waals surface area contributed by atoms with Crippen molar-refractivity contribution in [1.82, 2.24) is 0 Å². The van der Waals surface area contributed by atoms with Crippen LogP contribution < -0.4 is 20.7 Å². The van der Waals surface area contributed by atoms with E-state index in [9.17, 15) is 9.59 Å². The van der Waals surface area contributed by atoms with Crippen LogP contribution in [0.25, 0.3) is 0 Å². The third kappa shape index (κ3) is 5.23. The highest BCUT2D eigenvalue weighted by Crippen LogP contribution is 2.29. The number of hydrogen-bond acceptors (Lipinski definition) is 4. The first-order valence-corrected chi connectivity index (χ1v) is 9.05. The van der Waals surface area contributed by atoms with Crippen LogP contribution in [0.2, 0.25) is 0 Å². The Bertz CT molecular complexity index is 844. The summed E-state index contributed by atoms with van der Waals surface area (Å²) in [6.45, 7) is 0.732. The summed E-state index contributed by atoms with van der Waals surface area (Å²) >= 11 is 0. The highest BCUT2D eigenvalue weighted by Gasteiger charge is 2.22. The quantitative estimate of drug-likeness (QED) is 0.751. The van der Waals surface area contributed by atoms with Gasteiger partial charge in [-0.25, -0.2) is 0 Å². The number of amides is 2. The summed E-state index contributed by atoms with van der Waals surface area (Å²) in [5.74, 6) is 0.661. The predicted octanol–water partition coefficient (Wildman–Crippen LogP) is 2.82. The van der Waals surface area contributed by atoms with Gasteiger partial charge >= 0.3 is 0 Å². The van der Waals surface area contributed by atoms with Crippen LogP contribution >= 0.6 is 0 Å². The van der Waals surface area contributed by atoms with Gasteiger partial charge in [-0.05, 0) is 54.7 Å². The Morgan fingerprint density at radius 2 is 1.96 bits per heavy atom. The van der Waals surface area contributed by atoms with E-state index in [1.807, 2.05) is 49.3 Å². The van der Waals surface area contributed by atoms with E-state index in [-0.39, 0.29) is 17.9 Å². The highest BCUT2D eigenvalue weighted by molar-refractivity contribution is 6.04. The molecule has 0 heterocycles. The Hall–Kier alpha value is -3.02. The van der Waals surface area contributed by atoms with Gasteiger partial charge in [-0.2, -0.15) is 0 Å². The smallest absolute Gasteiger partial charge is 0.250 e. The van der Waals surface area contributed by atoms with Crippen molar-refractivity contribution in [2.45, 2.75) is 19.3 Å². The number of anilines is 2. The van der Waals surface area contributed by atoms with Crippen molar-refractivity contribution in [3.63, 3.8) is 0 Å². The van der Waals surface area contributed by atoms with Crippen LogP contribution in [0.1, 0.15) is 28.8 Å². The number of rotatable bonds is 8. The number of hydrogen-bond donors (Lipinski definition) is 2. The minimum absolute atomic E-state index is 0.189. The lowest BCUT2D eigenvalue weighted by Crippen LogP contribution is -2.20. The molecule has 0 spiro atoms. The summed E-state index contributed by atoms with van der Waals surface area (Å²) in [7, 11) is 3.74. The van der Waals surface area contributed by atoms with E-state index >= 15 is 0 Å². The number of benzene rings is 2. The molecule has 0 radical (unpaired) electrons. The molecule has 0 unspecified atom stereocenters. The average Bonchev–Trinajstić information content (AvgIpc) is 3.44. The number of carbonyl (C=O) groups is 2. The summed E-state index contributed by atoms with van der Waals surface area (Å²) in [5.41, 5.74) is 7.86. The van der Waals surface area contributed by atoms with Crippen molar-refractivity contribution in [3.8, 4) is 5.75 Å². The van der Waals surface area contributed by atoms with Gasteiger partial charge in [0.1, 0.15) is 5.75 Å². The van der Waals surface area contributed by atoms with Gasteiger partial charge in [0.2, 0.25) is 5.91 Å². The first-order valence-electron chi connectivity index (χ1n) is 9.05. The second kappa shape index (κ2) is 8.12. The Kier molecular flexibility index (Phi) is 5.64. The summed E-state index contributed by atoms with van der Waals surface area (Å²) in [6.07, 6.45) is 2.65. The zero-order valence-electron chi connectivity index (χ0n) is 15.7. The molecule has 2 amide bonds. The van der Waals surface area contributed by atoms with Crippen molar-refractivity contribution in [3.05, 3.63) is 53.6 Å². The third-order valence-electron chi connectivity index (χ3n) is 4.50. The molecule has 0 bridgehead atoms. The summed E-state index contributed by atoms with van der Waals surface area (Å²) < 4.78 is 5.76. The van der Waals surface area contributed by atoms with E-state index in [2.05, 4.69) is 5.32 Å². The molecule has 0 saturated heterocycles. The molecule has 3 rings (SSSR count). The SMILES string of the molecule is CN(C)c1ccc(NC(=O)Cc2cccc(OCC3CC3)c2)c(C(N)=O)c1. The lowest BCUT2D eigenvalue weighted by atomic mass is 10.1. The predicted molar refractivity (Wildman–Crippen MR) is 106 cm³/mol. The average molecular weight is 367 g/mol. The largest absolute Gasteiger partial charge is 0.493 e. The third-order valence-corrected chi connectivity index (χ3v) is 4.50. The molecule has 2 aromatic carbocycles. The molecule has 1 fully saturated rings. The number of ether oxygens (including phenoxy) is 1. The number of nitrogens with zero attached hydrogens (tertiary/aromatic N) is 1. The molecule has 0 atom stereocenters. The van der Waals surface area contributed by atoms with Crippen LogP contribution in [0.4, 0.5) is 11.4 Å². The van der Waals surface area contributed by atoms with Crippen molar-refractivity contribution in [2.75, 3.05) is 30.9 Å². The van der Waals surface area contributed by atoms with E-state index in [1.165, 1.54) is 12.8 Å². The maximum Gasteiger partial charge on any atom is 0.250 e. The molecule has 0 aromatic heterocycles. The Morgan fingerprint density at radius 3 is 2.63 bits per heavy atom. The molecular formula is C21H25N3O3. The first kappa shape index (κ1) is 18.8. The maximum atomic E-state index is 12.4. The van der Waals surface area contributed by atoms with Crippen LogP contribution in [-0.4, -0.2) is 32.5 Å². The summed E-state index contributed by atoms with van der Waals surface area (Å²) in [4.78, 5) is 26.1. The number of primary amides is 1. The van der Waals surface area contributed by atoms with Gasteiger partial charge in [0.05, 0.1) is 24.3 Å². The molecule has 3 N–H and O–H groups in total. The summed E-state index contributed by atoms with van der Waals surface area (Å²) in [5, 5.41) is 2.79. The minimum atomic E-state index is -0.579. The van der Waals surface area contributed by atoms with Crippen LogP contribution in [-0.2, 0) is 11.2 Å². The Morgan fingerprint density at radius 1 is 1.19 bits per heavy atom. The van der Waals surface area contributed by atoms with Gasteiger partial charge in [-0.15, -0.1) is 0 Å². The molecule has 1 saturated carbocycles. The van der Waals surface area contributed by atoms with E-state index in [0.717, 1.165) is 23.6 Å². The van der Waals surface area contributed by atoms with Gasteiger partial charge in [0, 0.05) is 19.8 Å². The van der Waals surface area contributed by atoms with E-state index in [4.69, 9.17) is 10.5 Å². The Balaban J connectivity index is 1.66.